The maximum absolute atomic E-state index is 12.5. The molecule has 0 spiro atoms. The Kier molecular flexibility index (Phi) is 5.83. The van der Waals surface area contributed by atoms with Crippen LogP contribution in [0.5, 0.6) is 0 Å². The van der Waals surface area contributed by atoms with Crippen molar-refractivity contribution in [1.29, 1.82) is 0 Å². The molecule has 1 N–H and O–H groups in total. The molecule has 20 heavy (non-hydrogen) atoms. The second kappa shape index (κ2) is 7.62. The Labute approximate surface area is 120 Å². The molecule has 1 aliphatic heterocycles. The minimum absolute atomic E-state index is 0.00111. The highest BCUT2D eigenvalue weighted by atomic mass is 16.3. The Hall–Kier alpha value is -1.10. The molecular formula is C15H26N2O3. The van der Waals surface area contributed by atoms with Gasteiger partial charge in [-0.25, -0.2) is 0 Å². The molecule has 1 aliphatic carbocycles. The summed E-state index contributed by atoms with van der Waals surface area (Å²) < 4.78 is 0. The molecule has 1 saturated heterocycles. The molecule has 1 heterocycles. The number of hydrogen-bond donors (Lipinski definition) is 1. The van der Waals surface area contributed by atoms with Gasteiger partial charge < -0.3 is 14.9 Å². The Bertz CT molecular complexity index is 340. The Balaban J connectivity index is 1.94. The molecule has 0 aromatic rings. The first-order valence-corrected chi connectivity index (χ1v) is 7.90. The van der Waals surface area contributed by atoms with Gasteiger partial charge in [0.25, 0.3) is 0 Å². The number of amides is 2. The number of hydrogen-bond acceptors (Lipinski definition) is 3. The highest BCUT2D eigenvalue weighted by molar-refractivity contribution is 5.85. The van der Waals surface area contributed by atoms with E-state index in [-0.39, 0.29) is 31.0 Å². The van der Waals surface area contributed by atoms with Crippen molar-refractivity contribution in [2.24, 2.45) is 0 Å². The number of rotatable bonds is 5. The maximum Gasteiger partial charge on any atom is 0.242 e. The Morgan fingerprint density at radius 2 is 1.95 bits per heavy atom. The molecule has 0 aromatic heterocycles. The van der Waals surface area contributed by atoms with Gasteiger partial charge in [0, 0.05) is 25.6 Å². The summed E-state index contributed by atoms with van der Waals surface area (Å²) >= 11 is 0. The first-order chi connectivity index (χ1) is 9.72. The molecule has 0 bridgehead atoms. The van der Waals surface area contributed by atoms with Crippen molar-refractivity contribution in [2.45, 2.75) is 57.4 Å². The van der Waals surface area contributed by atoms with Crippen molar-refractivity contribution in [3.8, 4) is 0 Å². The largest absolute Gasteiger partial charge is 0.395 e. The standard InChI is InChI=1S/C15H26N2O3/c18-11-10-17(13-6-3-4-7-13)15(20)12-16-9-5-1-2-8-14(16)19/h13,18H,1-12H2. The lowest BCUT2D eigenvalue weighted by molar-refractivity contribution is -0.141. The number of aliphatic hydroxyl groups excluding tert-OH is 1. The third-order valence-electron chi connectivity index (χ3n) is 4.42. The summed E-state index contributed by atoms with van der Waals surface area (Å²) in [6.45, 7) is 1.28. The van der Waals surface area contributed by atoms with E-state index in [0.29, 0.717) is 19.5 Å². The van der Waals surface area contributed by atoms with Crippen LogP contribution in [0.4, 0.5) is 0 Å². The Morgan fingerprint density at radius 3 is 2.65 bits per heavy atom. The summed E-state index contributed by atoms with van der Waals surface area (Å²) in [5, 5.41) is 9.17. The molecular weight excluding hydrogens is 256 g/mol. The lowest BCUT2D eigenvalue weighted by atomic mass is 10.2. The summed E-state index contributed by atoms with van der Waals surface area (Å²) in [7, 11) is 0. The van der Waals surface area contributed by atoms with Crippen molar-refractivity contribution in [1.82, 2.24) is 9.80 Å². The third kappa shape index (κ3) is 3.95. The molecule has 0 atom stereocenters. The van der Waals surface area contributed by atoms with E-state index >= 15 is 0 Å². The van der Waals surface area contributed by atoms with Gasteiger partial charge in [-0.1, -0.05) is 19.3 Å². The monoisotopic (exact) mass is 282 g/mol. The van der Waals surface area contributed by atoms with E-state index in [1.54, 1.807) is 9.80 Å². The molecule has 2 rings (SSSR count). The smallest absolute Gasteiger partial charge is 0.242 e. The molecule has 2 fully saturated rings. The van der Waals surface area contributed by atoms with Crippen molar-refractivity contribution in [3.63, 3.8) is 0 Å². The van der Waals surface area contributed by atoms with Crippen molar-refractivity contribution < 1.29 is 14.7 Å². The quantitative estimate of drug-likeness (QED) is 0.823. The van der Waals surface area contributed by atoms with Crippen LogP contribution in [0.2, 0.25) is 0 Å². The molecule has 0 aromatic carbocycles. The average Bonchev–Trinajstić information content (AvgIpc) is 2.89. The highest BCUT2D eigenvalue weighted by Gasteiger charge is 2.28. The highest BCUT2D eigenvalue weighted by Crippen LogP contribution is 2.23. The van der Waals surface area contributed by atoms with Crippen LogP contribution in [-0.4, -0.2) is 59.0 Å². The van der Waals surface area contributed by atoms with Crippen LogP contribution in [0.1, 0.15) is 51.4 Å². The Morgan fingerprint density at radius 1 is 1.20 bits per heavy atom. The molecule has 2 amide bonds. The molecule has 2 aliphatic rings. The summed E-state index contributed by atoms with van der Waals surface area (Å²) in [5.41, 5.74) is 0. The first-order valence-electron chi connectivity index (χ1n) is 7.90. The zero-order valence-electron chi connectivity index (χ0n) is 12.2. The van der Waals surface area contributed by atoms with Crippen LogP contribution in [-0.2, 0) is 9.59 Å². The number of carbonyl (C=O) groups excluding carboxylic acids is 2. The van der Waals surface area contributed by atoms with Gasteiger partial charge in [0.15, 0.2) is 0 Å². The number of carbonyl (C=O) groups is 2. The zero-order valence-corrected chi connectivity index (χ0v) is 12.2. The van der Waals surface area contributed by atoms with E-state index in [0.717, 1.165) is 44.9 Å². The summed E-state index contributed by atoms with van der Waals surface area (Å²) in [6, 6.07) is 0.261. The van der Waals surface area contributed by atoms with Gasteiger partial charge in [0.05, 0.1) is 13.2 Å². The normalized spacial score (nSPS) is 21.1. The summed E-state index contributed by atoms with van der Waals surface area (Å²) in [5.74, 6) is 0.104. The van der Waals surface area contributed by atoms with Crippen LogP contribution in [0, 0.1) is 0 Å². The minimum Gasteiger partial charge on any atom is -0.395 e. The molecule has 5 heteroatoms. The van der Waals surface area contributed by atoms with E-state index in [2.05, 4.69) is 0 Å². The van der Waals surface area contributed by atoms with Crippen molar-refractivity contribution >= 4 is 11.8 Å². The number of nitrogens with zero attached hydrogens (tertiary/aromatic N) is 2. The topological polar surface area (TPSA) is 60.9 Å². The molecule has 114 valence electrons. The number of aliphatic hydroxyl groups is 1. The predicted molar refractivity (Wildman–Crippen MR) is 76.1 cm³/mol. The lowest BCUT2D eigenvalue weighted by Gasteiger charge is -2.31. The van der Waals surface area contributed by atoms with Crippen LogP contribution in [0.15, 0.2) is 0 Å². The third-order valence-corrected chi connectivity index (χ3v) is 4.42. The molecule has 1 saturated carbocycles. The lowest BCUT2D eigenvalue weighted by Crippen LogP contribution is -2.47. The van der Waals surface area contributed by atoms with Gasteiger partial charge in [-0.3, -0.25) is 9.59 Å². The SMILES string of the molecule is O=C1CCCCCN1CC(=O)N(CCO)C1CCCC1. The van der Waals surface area contributed by atoms with Crippen molar-refractivity contribution in [3.05, 3.63) is 0 Å². The van der Waals surface area contributed by atoms with Crippen molar-refractivity contribution in [2.75, 3.05) is 26.2 Å². The second-order valence-corrected chi connectivity index (χ2v) is 5.87. The van der Waals surface area contributed by atoms with E-state index in [1.165, 1.54) is 0 Å². The fourth-order valence-electron chi connectivity index (χ4n) is 3.29. The zero-order chi connectivity index (χ0) is 14.4. The number of likely N-dealkylation sites (tertiary alicyclic amines) is 1. The average molecular weight is 282 g/mol. The molecule has 0 unspecified atom stereocenters. The van der Waals surface area contributed by atoms with Gasteiger partial charge in [0.1, 0.15) is 0 Å². The minimum atomic E-state index is -0.00378. The van der Waals surface area contributed by atoms with Crippen LogP contribution in [0.3, 0.4) is 0 Å². The second-order valence-electron chi connectivity index (χ2n) is 5.87. The predicted octanol–water partition coefficient (Wildman–Crippen LogP) is 1.15. The van der Waals surface area contributed by atoms with E-state index in [9.17, 15) is 14.7 Å². The fraction of sp³-hybridized carbons (Fsp3) is 0.867. The van der Waals surface area contributed by atoms with Gasteiger partial charge in [-0.2, -0.15) is 0 Å². The van der Waals surface area contributed by atoms with Crippen LogP contribution < -0.4 is 0 Å². The van der Waals surface area contributed by atoms with Crippen LogP contribution >= 0.6 is 0 Å². The van der Waals surface area contributed by atoms with E-state index in [1.807, 2.05) is 0 Å². The van der Waals surface area contributed by atoms with Gasteiger partial charge in [-0.15, -0.1) is 0 Å². The van der Waals surface area contributed by atoms with Gasteiger partial charge in [0.2, 0.25) is 11.8 Å². The fourth-order valence-corrected chi connectivity index (χ4v) is 3.29. The molecule has 0 radical (unpaired) electrons. The van der Waals surface area contributed by atoms with E-state index < -0.39 is 0 Å². The van der Waals surface area contributed by atoms with Gasteiger partial charge >= 0.3 is 0 Å². The molecule has 5 nitrogen and oxygen atoms in total. The van der Waals surface area contributed by atoms with Crippen LogP contribution in [0.25, 0.3) is 0 Å². The summed E-state index contributed by atoms with van der Waals surface area (Å²) in [6.07, 6.45) is 7.93. The maximum atomic E-state index is 12.5. The summed E-state index contributed by atoms with van der Waals surface area (Å²) in [4.78, 5) is 27.9. The van der Waals surface area contributed by atoms with E-state index in [4.69, 9.17) is 0 Å². The van der Waals surface area contributed by atoms with Gasteiger partial charge in [-0.05, 0) is 25.7 Å². The first kappa shape index (κ1) is 15.3.